The Balaban J connectivity index is 5.59. The maximum Gasteiger partial charge on any atom is 0.329 e. The van der Waals surface area contributed by atoms with Gasteiger partial charge in [-0.2, -0.15) is 0 Å². The molecule has 0 amide bonds. The number of hydrogen-bond donors (Lipinski definition) is 7. The monoisotopic (exact) mass is 436 g/mol. The molecule has 6 unspecified atom stereocenters. The Kier molecular flexibility index (Phi) is 13.6. The van der Waals surface area contributed by atoms with Crippen LogP contribution in [0.5, 0.6) is 0 Å². The van der Waals surface area contributed by atoms with Gasteiger partial charge in [0.15, 0.2) is 6.29 Å². The van der Waals surface area contributed by atoms with E-state index in [0.717, 1.165) is 0 Å². The van der Waals surface area contributed by atoms with Crippen LogP contribution in [0, 0.1) is 35.5 Å². The Morgan fingerprint density at radius 2 is 1.40 bits per heavy atom. The van der Waals surface area contributed by atoms with Gasteiger partial charge in [0.25, 0.3) is 0 Å². The smallest absolute Gasteiger partial charge is 0.329 e. The number of aliphatic hydroxyl groups excluding tert-OH is 6. The predicted octanol–water partition coefficient (Wildman–Crippen LogP) is -0.174. The van der Waals surface area contributed by atoms with Crippen molar-refractivity contribution in [2.24, 2.45) is 35.5 Å². The Labute approximate surface area is 178 Å². The summed E-state index contributed by atoms with van der Waals surface area (Å²) in [5.74, 6) is -4.16. The van der Waals surface area contributed by atoms with Gasteiger partial charge in [-0.15, -0.1) is 6.58 Å². The fraction of sp³-hybridized carbons (Fsp3) is 0.857. The molecule has 7 N–H and O–H groups in total. The number of aliphatic carboxylic acids is 1. The van der Waals surface area contributed by atoms with Crippen LogP contribution in [-0.4, -0.2) is 86.1 Å². The van der Waals surface area contributed by atoms with Crippen LogP contribution in [0.4, 0.5) is 0 Å². The van der Waals surface area contributed by atoms with Crippen LogP contribution in [-0.2, 0) is 9.53 Å². The molecule has 178 valence electrons. The first-order chi connectivity index (χ1) is 13.9. The molecule has 0 saturated heterocycles. The number of aliphatic hydroxyl groups is 6. The lowest BCUT2D eigenvalue weighted by Crippen LogP contribution is -2.46. The van der Waals surface area contributed by atoms with Crippen LogP contribution in [0.3, 0.4) is 0 Å². The molecule has 0 saturated carbocycles. The van der Waals surface area contributed by atoms with Gasteiger partial charge in [-0.1, -0.05) is 33.8 Å². The van der Waals surface area contributed by atoms with Crippen molar-refractivity contribution in [1.82, 2.24) is 0 Å². The standard InChI is InChI=1S/C21H40O9/c1-6-15(13(4)14(5)18(26)11(2)8-22)7-16(21(29)30-10-17(24)25)20(28)19(27)12(3)9-23/h6,11-16,18-23,26-29H,1,7-10H2,2-5H3,(H,24,25)/t11?,12?,13?,14?,15-,16?,18+,19+,20?,21-/m0/s1. The summed E-state index contributed by atoms with van der Waals surface area (Å²) < 4.78 is 4.94. The maximum atomic E-state index is 10.8. The van der Waals surface area contributed by atoms with Crippen molar-refractivity contribution in [2.45, 2.75) is 58.7 Å². The quantitative estimate of drug-likeness (QED) is 0.128. The summed E-state index contributed by atoms with van der Waals surface area (Å²) in [5, 5.41) is 69.2. The van der Waals surface area contributed by atoms with Crippen LogP contribution in [0.1, 0.15) is 34.1 Å². The van der Waals surface area contributed by atoms with Crippen molar-refractivity contribution in [3.05, 3.63) is 12.7 Å². The third-order valence-corrected chi connectivity index (χ3v) is 6.16. The first-order valence-electron chi connectivity index (χ1n) is 10.3. The van der Waals surface area contributed by atoms with Crippen molar-refractivity contribution < 1.29 is 45.3 Å². The van der Waals surface area contributed by atoms with Crippen LogP contribution in [0.15, 0.2) is 12.7 Å². The molecule has 0 aliphatic rings. The highest BCUT2D eigenvalue weighted by molar-refractivity contribution is 5.68. The third kappa shape index (κ3) is 8.58. The lowest BCUT2D eigenvalue weighted by molar-refractivity contribution is -0.191. The van der Waals surface area contributed by atoms with Crippen molar-refractivity contribution >= 4 is 5.97 Å². The molecule has 0 aliphatic carbocycles. The molecule has 0 radical (unpaired) electrons. The molecule has 0 fully saturated rings. The summed E-state index contributed by atoms with van der Waals surface area (Å²) in [4.78, 5) is 10.8. The number of carboxylic acids is 1. The van der Waals surface area contributed by atoms with E-state index in [1.54, 1.807) is 13.0 Å². The van der Waals surface area contributed by atoms with Gasteiger partial charge < -0.3 is 40.5 Å². The molecule has 0 rings (SSSR count). The summed E-state index contributed by atoms with van der Waals surface area (Å²) in [6, 6.07) is 0. The molecule has 0 aromatic rings. The Morgan fingerprint density at radius 3 is 1.83 bits per heavy atom. The lowest BCUT2D eigenvalue weighted by atomic mass is 9.73. The van der Waals surface area contributed by atoms with Crippen LogP contribution >= 0.6 is 0 Å². The van der Waals surface area contributed by atoms with Crippen LogP contribution in [0.25, 0.3) is 0 Å². The molecular formula is C21H40O9. The molecule has 30 heavy (non-hydrogen) atoms. The molecule has 0 bridgehead atoms. The van der Waals surface area contributed by atoms with E-state index in [-0.39, 0.29) is 43.3 Å². The van der Waals surface area contributed by atoms with E-state index in [2.05, 4.69) is 6.58 Å². The molecule has 9 nitrogen and oxygen atoms in total. The third-order valence-electron chi connectivity index (χ3n) is 6.16. The number of allylic oxidation sites excluding steroid dienone is 1. The average molecular weight is 437 g/mol. The Hall–Kier alpha value is -1.07. The van der Waals surface area contributed by atoms with E-state index in [4.69, 9.17) is 9.84 Å². The first kappa shape index (κ1) is 28.9. The second-order valence-corrected chi connectivity index (χ2v) is 8.40. The van der Waals surface area contributed by atoms with E-state index in [1.165, 1.54) is 6.92 Å². The molecular weight excluding hydrogens is 396 g/mol. The van der Waals surface area contributed by atoms with Gasteiger partial charge in [0, 0.05) is 31.0 Å². The van der Waals surface area contributed by atoms with Crippen molar-refractivity contribution in [3.63, 3.8) is 0 Å². The largest absolute Gasteiger partial charge is 0.480 e. The number of carboxylic acid groups (broad SMARTS) is 1. The molecule has 10 atom stereocenters. The minimum absolute atomic E-state index is 0.0897. The van der Waals surface area contributed by atoms with E-state index in [1.807, 2.05) is 13.8 Å². The zero-order valence-corrected chi connectivity index (χ0v) is 18.3. The van der Waals surface area contributed by atoms with Crippen molar-refractivity contribution in [2.75, 3.05) is 19.8 Å². The lowest BCUT2D eigenvalue weighted by Gasteiger charge is -2.37. The van der Waals surface area contributed by atoms with Gasteiger partial charge in [0.1, 0.15) is 6.61 Å². The minimum atomic E-state index is -1.68. The van der Waals surface area contributed by atoms with Gasteiger partial charge in [-0.05, 0) is 24.2 Å². The van der Waals surface area contributed by atoms with Gasteiger partial charge in [0.05, 0.1) is 18.3 Å². The number of hydrogen-bond acceptors (Lipinski definition) is 8. The highest BCUT2D eigenvalue weighted by atomic mass is 16.6. The van der Waals surface area contributed by atoms with E-state index in [0.29, 0.717) is 0 Å². The van der Waals surface area contributed by atoms with Crippen molar-refractivity contribution in [3.8, 4) is 0 Å². The zero-order valence-electron chi connectivity index (χ0n) is 18.3. The fourth-order valence-electron chi connectivity index (χ4n) is 3.57. The van der Waals surface area contributed by atoms with Gasteiger partial charge in [-0.3, -0.25) is 0 Å². The second kappa shape index (κ2) is 14.1. The van der Waals surface area contributed by atoms with Gasteiger partial charge >= 0.3 is 5.97 Å². The molecule has 0 aromatic carbocycles. The summed E-state index contributed by atoms with van der Waals surface area (Å²) in [5.41, 5.74) is 0. The fourth-order valence-corrected chi connectivity index (χ4v) is 3.57. The molecule has 0 spiro atoms. The number of rotatable bonds is 16. The second-order valence-electron chi connectivity index (χ2n) is 8.40. The maximum absolute atomic E-state index is 10.8. The summed E-state index contributed by atoms with van der Waals surface area (Å²) >= 11 is 0. The number of ether oxygens (including phenoxy) is 1. The molecule has 9 heteroatoms. The molecule has 0 aliphatic heterocycles. The van der Waals surface area contributed by atoms with E-state index in [9.17, 15) is 35.4 Å². The van der Waals surface area contributed by atoms with E-state index >= 15 is 0 Å². The minimum Gasteiger partial charge on any atom is -0.480 e. The Morgan fingerprint density at radius 1 is 0.900 bits per heavy atom. The van der Waals surface area contributed by atoms with Crippen LogP contribution < -0.4 is 0 Å². The molecule has 0 heterocycles. The first-order valence-corrected chi connectivity index (χ1v) is 10.3. The highest BCUT2D eigenvalue weighted by Crippen LogP contribution is 2.34. The van der Waals surface area contributed by atoms with Crippen LogP contribution in [0.2, 0.25) is 0 Å². The van der Waals surface area contributed by atoms with E-state index < -0.39 is 49.0 Å². The summed E-state index contributed by atoms with van der Waals surface area (Å²) in [6.07, 6.45) is -3.63. The predicted molar refractivity (Wildman–Crippen MR) is 110 cm³/mol. The molecule has 0 aromatic heterocycles. The zero-order chi connectivity index (χ0) is 23.6. The average Bonchev–Trinajstić information content (AvgIpc) is 2.74. The summed E-state index contributed by atoms with van der Waals surface area (Å²) in [6.45, 7) is 9.39. The van der Waals surface area contributed by atoms with Gasteiger partial charge in [0.2, 0.25) is 0 Å². The van der Waals surface area contributed by atoms with Crippen molar-refractivity contribution in [1.29, 1.82) is 0 Å². The summed E-state index contributed by atoms with van der Waals surface area (Å²) in [7, 11) is 0. The normalized spacial score (nSPS) is 22.1. The highest BCUT2D eigenvalue weighted by Gasteiger charge is 2.38. The SMILES string of the molecule is C=C[C@@H](CC(C(O)[C@H](O)C(C)CO)[C@@H](O)OCC(=O)O)C(C)C(C)[C@H](O)C(C)CO. The Bertz CT molecular complexity index is 501. The topological polar surface area (TPSA) is 168 Å². The number of carbonyl (C=O) groups is 1. The van der Waals surface area contributed by atoms with Gasteiger partial charge in [-0.25, -0.2) is 4.79 Å².